The van der Waals surface area contributed by atoms with E-state index in [1.807, 2.05) is 0 Å². The van der Waals surface area contributed by atoms with Crippen LogP contribution in [0.15, 0.2) is 30.7 Å². The zero-order valence-electron chi connectivity index (χ0n) is 16.8. The van der Waals surface area contributed by atoms with Gasteiger partial charge >= 0.3 is 6.18 Å². The fourth-order valence-corrected chi connectivity index (χ4v) is 4.85. The zero-order valence-corrected chi connectivity index (χ0v) is 16.8. The predicted octanol–water partition coefficient (Wildman–Crippen LogP) is 3.83. The van der Waals surface area contributed by atoms with Gasteiger partial charge in [-0.25, -0.2) is 28.4 Å². The van der Waals surface area contributed by atoms with Crippen LogP contribution in [-0.2, 0) is 12.7 Å². The van der Waals surface area contributed by atoms with E-state index in [1.54, 1.807) is 11.1 Å². The van der Waals surface area contributed by atoms with E-state index in [4.69, 9.17) is 0 Å². The molecule has 1 saturated carbocycles. The molecule has 7 nitrogen and oxygen atoms in total. The van der Waals surface area contributed by atoms with Gasteiger partial charge in [0.2, 0.25) is 0 Å². The predicted molar refractivity (Wildman–Crippen MR) is 106 cm³/mol. The third-order valence-electron chi connectivity index (χ3n) is 6.15. The van der Waals surface area contributed by atoms with Crippen LogP contribution in [-0.4, -0.2) is 50.3 Å². The molecule has 0 aromatic carbocycles. The van der Waals surface area contributed by atoms with Crippen molar-refractivity contribution in [3.05, 3.63) is 36.3 Å². The molecule has 3 atom stereocenters. The zero-order chi connectivity index (χ0) is 22.5. The molecule has 5 rings (SSSR count). The minimum Gasteiger partial charge on any atom is -0.366 e. The van der Waals surface area contributed by atoms with E-state index in [9.17, 15) is 22.0 Å². The first kappa shape index (κ1) is 20.8. The van der Waals surface area contributed by atoms with Gasteiger partial charge in [-0.1, -0.05) is 0 Å². The van der Waals surface area contributed by atoms with Crippen LogP contribution in [0.2, 0.25) is 0 Å². The SMILES string of the molecule is FC(F)Cn1ncc2ncc(NC3C[C@@H]4CN(c5ncccc5C(F)(F)F)C[C@@H]4C3)nc21. The summed E-state index contributed by atoms with van der Waals surface area (Å²) in [6.07, 6.45) is -1.13. The Morgan fingerprint density at radius 3 is 2.53 bits per heavy atom. The lowest BCUT2D eigenvalue weighted by Crippen LogP contribution is -2.28. The van der Waals surface area contributed by atoms with Crippen LogP contribution in [0.25, 0.3) is 11.2 Å². The summed E-state index contributed by atoms with van der Waals surface area (Å²) in [6.45, 7) is 0.460. The molecule has 32 heavy (non-hydrogen) atoms. The number of nitrogens with zero attached hydrogens (tertiary/aromatic N) is 6. The standard InChI is InChI=1S/C20H20F5N7/c21-16(22)10-32-19-15(6-28-32)27-7-17(30-19)29-13-4-11-8-31(9-12(11)5-13)18-14(20(23,24)25)2-1-3-26-18/h1-3,6-7,11-13,16H,4-5,8-10H2,(H,29,30)/t11-,12+,13?. The van der Waals surface area contributed by atoms with Crippen molar-refractivity contribution in [1.29, 1.82) is 0 Å². The number of halogens is 5. The average Bonchev–Trinajstić information content (AvgIpc) is 3.41. The van der Waals surface area contributed by atoms with Crippen LogP contribution >= 0.6 is 0 Å². The van der Waals surface area contributed by atoms with Gasteiger partial charge in [0.05, 0.1) is 18.0 Å². The molecular formula is C20H20F5N7. The van der Waals surface area contributed by atoms with Crippen molar-refractivity contribution in [3.8, 4) is 0 Å². The van der Waals surface area contributed by atoms with Gasteiger partial charge in [0.25, 0.3) is 6.43 Å². The van der Waals surface area contributed by atoms with E-state index in [0.29, 0.717) is 24.4 Å². The number of rotatable bonds is 5. The number of anilines is 2. The molecule has 1 N–H and O–H groups in total. The summed E-state index contributed by atoms with van der Waals surface area (Å²) >= 11 is 0. The van der Waals surface area contributed by atoms with E-state index in [-0.39, 0.29) is 29.3 Å². The van der Waals surface area contributed by atoms with Gasteiger partial charge < -0.3 is 10.2 Å². The molecule has 2 aliphatic rings. The quantitative estimate of drug-likeness (QED) is 0.592. The van der Waals surface area contributed by atoms with Crippen LogP contribution in [0.4, 0.5) is 33.6 Å². The normalized spacial score (nSPS) is 23.3. The first-order valence-corrected chi connectivity index (χ1v) is 10.3. The van der Waals surface area contributed by atoms with E-state index < -0.39 is 24.7 Å². The molecule has 2 fully saturated rings. The monoisotopic (exact) mass is 453 g/mol. The lowest BCUT2D eigenvalue weighted by atomic mass is 10.0. The minimum atomic E-state index is -4.44. The summed E-state index contributed by atoms with van der Waals surface area (Å²) in [5.41, 5.74) is 0.0131. The maximum atomic E-state index is 13.3. The van der Waals surface area contributed by atoms with Crippen molar-refractivity contribution in [1.82, 2.24) is 24.7 Å². The first-order valence-electron chi connectivity index (χ1n) is 10.3. The average molecular weight is 453 g/mol. The fraction of sp³-hybridized carbons (Fsp3) is 0.500. The third-order valence-corrected chi connectivity index (χ3v) is 6.15. The molecule has 170 valence electrons. The maximum Gasteiger partial charge on any atom is 0.419 e. The Labute approximate surface area is 179 Å². The molecule has 0 amide bonds. The first-order chi connectivity index (χ1) is 15.3. The minimum absolute atomic E-state index is 0.0116. The lowest BCUT2D eigenvalue weighted by molar-refractivity contribution is -0.137. The summed E-state index contributed by atoms with van der Waals surface area (Å²) < 4.78 is 66.6. The molecule has 1 unspecified atom stereocenters. The molecule has 3 aromatic heterocycles. The van der Waals surface area contributed by atoms with Crippen molar-refractivity contribution >= 4 is 22.8 Å². The highest BCUT2D eigenvalue weighted by Gasteiger charge is 2.44. The summed E-state index contributed by atoms with van der Waals surface area (Å²) in [4.78, 5) is 14.4. The van der Waals surface area contributed by atoms with Gasteiger partial charge in [-0.2, -0.15) is 18.3 Å². The molecule has 1 aliphatic carbocycles. The van der Waals surface area contributed by atoms with Crippen molar-refractivity contribution in [2.75, 3.05) is 23.3 Å². The summed E-state index contributed by atoms with van der Waals surface area (Å²) in [6, 6.07) is 2.44. The Kier molecular flexibility index (Phi) is 5.09. The second-order valence-corrected chi connectivity index (χ2v) is 8.29. The van der Waals surface area contributed by atoms with Crippen molar-refractivity contribution in [2.24, 2.45) is 11.8 Å². The Bertz CT molecular complexity index is 1100. The number of aromatic nitrogens is 5. The fourth-order valence-electron chi connectivity index (χ4n) is 4.85. The van der Waals surface area contributed by atoms with Gasteiger partial charge in [0.15, 0.2) is 5.65 Å². The molecule has 0 bridgehead atoms. The maximum absolute atomic E-state index is 13.3. The Balaban J connectivity index is 1.26. The van der Waals surface area contributed by atoms with Crippen LogP contribution in [0.1, 0.15) is 18.4 Å². The van der Waals surface area contributed by atoms with E-state index in [2.05, 4.69) is 25.4 Å². The molecule has 4 heterocycles. The highest BCUT2D eigenvalue weighted by atomic mass is 19.4. The summed E-state index contributed by atoms with van der Waals surface area (Å²) in [5.74, 6) is 0.926. The Morgan fingerprint density at radius 1 is 1.09 bits per heavy atom. The largest absolute Gasteiger partial charge is 0.419 e. The number of hydrogen-bond acceptors (Lipinski definition) is 6. The van der Waals surface area contributed by atoms with Crippen LogP contribution in [0.3, 0.4) is 0 Å². The van der Waals surface area contributed by atoms with Gasteiger partial charge in [-0.15, -0.1) is 0 Å². The van der Waals surface area contributed by atoms with Gasteiger partial charge in [0.1, 0.15) is 23.7 Å². The van der Waals surface area contributed by atoms with Crippen molar-refractivity contribution in [3.63, 3.8) is 0 Å². The van der Waals surface area contributed by atoms with Gasteiger partial charge in [0, 0.05) is 25.3 Å². The molecule has 0 spiro atoms. The van der Waals surface area contributed by atoms with Crippen LogP contribution in [0, 0.1) is 11.8 Å². The molecular weight excluding hydrogens is 433 g/mol. The van der Waals surface area contributed by atoms with E-state index in [0.717, 1.165) is 23.6 Å². The van der Waals surface area contributed by atoms with Crippen LogP contribution in [0.5, 0.6) is 0 Å². The van der Waals surface area contributed by atoms with Crippen LogP contribution < -0.4 is 10.2 Å². The van der Waals surface area contributed by atoms with Crippen molar-refractivity contribution < 1.29 is 22.0 Å². The Morgan fingerprint density at radius 2 is 1.84 bits per heavy atom. The number of pyridine rings is 1. The molecule has 1 aliphatic heterocycles. The third kappa shape index (κ3) is 3.93. The topological polar surface area (TPSA) is 71.8 Å². The smallest absolute Gasteiger partial charge is 0.366 e. The number of fused-ring (bicyclic) bond motifs is 2. The highest BCUT2D eigenvalue weighted by Crippen LogP contribution is 2.43. The lowest BCUT2D eigenvalue weighted by Gasteiger charge is -2.23. The highest BCUT2D eigenvalue weighted by molar-refractivity contribution is 5.71. The van der Waals surface area contributed by atoms with E-state index in [1.165, 1.54) is 18.5 Å². The van der Waals surface area contributed by atoms with E-state index >= 15 is 0 Å². The molecule has 1 saturated heterocycles. The van der Waals surface area contributed by atoms with Crippen molar-refractivity contribution in [2.45, 2.75) is 38.0 Å². The number of nitrogens with one attached hydrogen (secondary N) is 1. The number of alkyl halides is 5. The second-order valence-electron chi connectivity index (χ2n) is 8.29. The summed E-state index contributed by atoms with van der Waals surface area (Å²) in [5, 5.41) is 7.21. The Hall–Kier alpha value is -3.05. The number of hydrogen-bond donors (Lipinski definition) is 1. The molecule has 3 aromatic rings. The molecule has 12 heteroatoms. The van der Waals surface area contributed by atoms with Gasteiger partial charge in [-0.05, 0) is 36.8 Å². The van der Waals surface area contributed by atoms with Gasteiger partial charge in [-0.3, -0.25) is 0 Å². The molecule has 0 radical (unpaired) electrons. The summed E-state index contributed by atoms with van der Waals surface area (Å²) in [7, 11) is 0. The second kappa shape index (κ2) is 7.82.